The topological polar surface area (TPSA) is 636 Å². The fourth-order valence-corrected chi connectivity index (χ4v) is 8.74. The second-order valence-electron chi connectivity index (χ2n) is 22.0. The van der Waals surface area contributed by atoms with Gasteiger partial charge in [0.25, 0.3) is 0 Å². The second-order valence-corrected chi connectivity index (χ2v) is 22.0. The van der Waals surface area contributed by atoms with Gasteiger partial charge in [-0.25, -0.2) is 4.79 Å². The van der Waals surface area contributed by atoms with Crippen LogP contribution in [0.15, 0.2) is 22.1 Å². The molecule has 0 aliphatic carbocycles. The summed E-state index contributed by atoms with van der Waals surface area (Å²) in [5.41, 5.74) is 38.6. The van der Waals surface area contributed by atoms with Gasteiger partial charge in [0, 0.05) is 32.6 Å². The molecule has 0 bridgehead atoms. The van der Waals surface area contributed by atoms with Gasteiger partial charge in [0.1, 0.15) is 54.4 Å². The van der Waals surface area contributed by atoms with Crippen LogP contribution < -0.4 is 93.3 Å². The molecule has 14 atom stereocenters. The molecule has 0 saturated heterocycles. The highest BCUT2D eigenvalue weighted by Crippen LogP contribution is 2.11. The smallest absolute Gasteiger partial charge is 0.328 e. The van der Waals surface area contributed by atoms with Gasteiger partial charge in [-0.2, -0.15) is 0 Å². The molecular formula is C54H98N20O17. The third kappa shape index (κ3) is 31.8. The third-order valence-electron chi connectivity index (χ3n) is 13.9. The summed E-state index contributed by atoms with van der Waals surface area (Å²) in [5, 5.41) is 74.7. The minimum Gasteiger partial charge on any atom is -0.480 e. The van der Waals surface area contributed by atoms with Crippen LogP contribution in [0.5, 0.6) is 0 Å². The van der Waals surface area contributed by atoms with Crippen LogP contribution in [0.3, 0.4) is 0 Å². The van der Waals surface area contributed by atoms with Crippen LogP contribution in [-0.4, -0.2) is 244 Å². The number of aliphatic carboxylic acids is 1. The van der Waals surface area contributed by atoms with Crippen molar-refractivity contribution in [1.29, 1.82) is 0 Å². The molecule has 0 fully saturated rings. The van der Waals surface area contributed by atoms with E-state index in [-0.39, 0.29) is 82.9 Å². The maximum atomic E-state index is 14.4. The number of nitrogens with zero attached hydrogens (tertiary/aromatic N) is 3. The first-order chi connectivity index (χ1) is 42.7. The van der Waals surface area contributed by atoms with Crippen molar-refractivity contribution >= 4 is 82.9 Å². The summed E-state index contributed by atoms with van der Waals surface area (Å²) in [6.45, 7) is 6.75. The molecule has 1 aliphatic heterocycles. The molecule has 91 heavy (non-hydrogen) atoms. The predicted octanol–water partition coefficient (Wildman–Crippen LogP) is -10.0. The highest BCUT2D eigenvalue weighted by atomic mass is 16.4. The zero-order valence-electron chi connectivity index (χ0n) is 52.2. The van der Waals surface area contributed by atoms with E-state index in [1.807, 2.05) is 17.5 Å². The molecule has 0 unspecified atom stereocenters. The van der Waals surface area contributed by atoms with Crippen molar-refractivity contribution < 1.29 is 83.1 Å². The number of guanidine groups is 2. The lowest BCUT2D eigenvalue weighted by atomic mass is 10.0. The SMILES string of the molecule is C[C@H](N)C(=O)N[C@@H](CCCN=C(N)N)C(=O)N[C@H](C(=O)N[C@@H](CCCN1CC=CCC1)C(=O)N[C@@H](CCC(N)=O)C(=O)N[C@H](C(=O)N[C@@H](C)C(=O)N[C@@H](CCCN=C(N)N)C(=O)N[C@@H](CCCCN)C(=O)N[C@@H](CO)C(=O)N[C@H](C(=O)O)[C@@H](C)O)[C@@H](C)O)[C@@H](C)O. The number of amides is 11. The first kappa shape index (κ1) is 80.7. The Labute approximate surface area is 527 Å². The number of nitrogens with two attached hydrogens (primary N) is 7. The monoisotopic (exact) mass is 1300 g/mol. The van der Waals surface area contributed by atoms with Gasteiger partial charge in [0.05, 0.1) is 31.0 Å². The molecule has 1 heterocycles. The Morgan fingerprint density at radius 2 is 0.857 bits per heavy atom. The van der Waals surface area contributed by atoms with Gasteiger partial charge in [-0.05, 0) is 118 Å². The van der Waals surface area contributed by atoms with Gasteiger partial charge in [0.15, 0.2) is 18.0 Å². The van der Waals surface area contributed by atoms with Crippen molar-refractivity contribution in [2.24, 2.45) is 50.1 Å². The highest BCUT2D eigenvalue weighted by Gasteiger charge is 2.37. The summed E-state index contributed by atoms with van der Waals surface area (Å²) in [4.78, 5) is 171. The molecule has 37 nitrogen and oxygen atoms in total. The van der Waals surface area contributed by atoms with Crippen LogP contribution in [0.25, 0.3) is 0 Å². The number of aliphatic imine (C=N–C) groups is 2. The van der Waals surface area contributed by atoms with Crippen molar-refractivity contribution in [2.75, 3.05) is 45.9 Å². The number of primary amides is 1. The van der Waals surface area contributed by atoms with E-state index < -0.39 is 175 Å². The standard InChI is InChI=1S/C54H98N20O17/c1-27(56)42(80)65-34(16-12-22-63-54(60)61)47(85)72-40(30(4)77)51(89)69-35(17-13-25-74-23-9-6-10-24-74)45(83)68-36(18-19-38(57)79)48(86)71-39(29(3)76)50(88)64-28(2)43(81)66-33(15-11-21-62-53(58)59)44(82)67-32(14-7-8-20-55)46(84)70-37(26-75)49(87)73-41(31(5)78)52(90)91/h6,9,27-37,39-41,75-78H,7-8,10-26,55-56H2,1-5H3,(H2,57,79)(H,64,88)(H,65,80)(H,66,81)(H,67,82)(H,68,83)(H,69,89)(H,70,84)(H,71,86)(H,72,85)(H,73,87)(H,90,91)(H4,58,59,62)(H4,60,61,63)/t27-,28-,29+,30+,31+,32-,33-,34-,35-,36-,37-,39-,40-,41-/m0/s1. The van der Waals surface area contributed by atoms with E-state index in [0.29, 0.717) is 26.1 Å². The fraction of sp³-hybridized carbons (Fsp3) is 0.704. The molecule has 11 amide bonds. The molecule has 37 heteroatoms. The van der Waals surface area contributed by atoms with Gasteiger partial charge < -0.3 is 119 Å². The van der Waals surface area contributed by atoms with Gasteiger partial charge in [-0.15, -0.1) is 0 Å². The maximum Gasteiger partial charge on any atom is 0.328 e. The Morgan fingerprint density at radius 1 is 0.473 bits per heavy atom. The normalized spacial score (nSPS) is 16.7. The van der Waals surface area contributed by atoms with Crippen LogP contribution >= 0.6 is 0 Å². The van der Waals surface area contributed by atoms with E-state index in [0.717, 1.165) is 20.3 Å². The number of aliphatic hydroxyl groups excluding tert-OH is 4. The Bertz CT molecular complexity index is 2510. The zero-order chi connectivity index (χ0) is 69.1. The van der Waals surface area contributed by atoms with Gasteiger partial charge in [0.2, 0.25) is 65.0 Å². The lowest BCUT2D eigenvalue weighted by Gasteiger charge is -2.29. The summed E-state index contributed by atoms with van der Waals surface area (Å²) in [5.74, 6) is -13.4. The summed E-state index contributed by atoms with van der Waals surface area (Å²) < 4.78 is 0. The van der Waals surface area contributed by atoms with E-state index in [2.05, 4.69) is 62.7 Å². The quantitative estimate of drug-likeness (QED) is 0.0117. The van der Waals surface area contributed by atoms with E-state index in [1.54, 1.807) is 0 Å². The largest absolute Gasteiger partial charge is 0.480 e. The zero-order valence-corrected chi connectivity index (χ0v) is 52.2. The molecule has 0 aromatic carbocycles. The highest BCUT2D eigenvalue weighted by molar-refractivity contribution is 5.99. The van der Waals surface area contributed by atoms with E-state index in [4.69, 9.17) is 40.1 Å². The molecule has 0 radical (unpaired) electrons. The fourth-order valence-electron chi connectivity index (χ4n) is 8.74. The molecule has 0 aromatic heterocycles. The lowest BCUT2D eigenvalue weighted by molar-refractivity contribution is -0.145. The van der Waals surface area contributed by atoms with Crippen molar-refractivity contribution in [3.63, 3.8) is 0 Å². The lowest BCUT2D eigenvalue weighted by Crippen LogP contribution is -2.62. The number of carbonyl (C=O) groups excluding carboxylic acids is 11. The average molecular weight is 1300 g/mol. The Hall–Kier alpha value is -8.36. The van der Waals surface area contributed by atoms with Crippen LogP contribution in [0.1, 0.15) is 112 Å². The number of hydrogen-bond acceptors (Lipinski definition) is 21. The molecule has 0 spiro atoms. The molecule has 516 valence electrons. The van der Waals surface area contributed by atoms with E-state index in [9.17, 15) is 83.1 Å². The average Bonchev–Trinajstić information content (AvgIpc) is 2.17. The van der Waals surface area contributed by atoms with Gasteiger partial charge in [-0.3, -0.25) is 67.6 Å². The number of carboxylic acid groups (broad SMARTS) is 1. The number of unbranched alkanes of at least 4 members (excludes halogenated alkanes) is 1. The first-order valence-corrected chi connectivity index (χ1v) is 29.9. The first-order valence-electron chi connectivity index (χ1n) is 29.9. The van der Waals surface area contributed by atoms with E-state index >= 15 is 0 Å². The Kier molecular flexibility index (Phi) is 37.8. The minimum absolute atomic E-state index is 0.0395. The number of nitrogens with one attached hydrogen (secondary N) is 10. The van der Waals surface area contributed by atoms with Crippen LogP contribution in [0.2, 0.25) is 0 Å². The number of carbonyl (C=O) groups is 12. The van der Waals surface area contributed by atoms with Crippen molar-refractivity contribution in [3.05, 3.63) is 12.2 Å². The summed E-state index contributed by atoms with van der Waals surface area (Å²) in [6.07, 6.45) is -0.630. The number of carboxylic acids is 1. The molecule has 1 aliphatic rings. The molecule has 0 saturated carbocycles. The van der Waals surface area contributed by atoms with Crippen molar-refractivity contribution in [2.45, 2.75) is 196 Å². The van der Waals surface area contributed by atoms with E-state index in [1.165, 1.54) is 20.8 Å². The summed E-state index contributed by atoms with van der Waals surface area (Å²) in [7, 11) is 0. The number of hydrogen-bond donors (Lipinski definition) is 22. The van der Waals surface area contributed by atoms with Crippen LogP contribution in [0, 0.1) is 0 Å². The second kappa shape index (κ2) is 42.6. The Morgan fingerprint density at radius 3 is 1.26 bits per heavy atom. The minimum atomic E-state index is -1.90. The van der Waals surface area contributed by atoms with Crippen LogP contribution in [0.4, 0.5) is 0 Å². The molecular weight excluding hydrogens is 1200 g/mol. The Balaban J connectivity index is 3.55. The molecule has 0 aromatic rings. The summed E-state index contributed by atoms with van der Waals surface area (Å²) >= 11 is 0. The number of aliphatic hydroxyl groups is 4. The number of rotatable bonds is 44. The molecule has 1 rings (SSSR count). The van der Waals surface area contributed by atoms with Crippen LogP contribution in [-0.2, 0) is 57.5 Å². The third-order valence-corrected chi connectivity index (χ3v) is 13.9. The van der Waals surface area contributed by atoms with Crippen molar-refractivity contribution in [3.8, 4) is 0 Å². The predicted molar refractivity (Wildman–Crippen MR) is 329 cm³/mol. The van der Waals surface area contributed by atoms with Gasteiger partial charge in [-0.1, -0.05) is 12.2 Å². The van der Waals surface area contributed by atoms with Crippen molar-refractivity contribution in [1.82, 2.24) is 58.1 Å². The molecule has 29 N–H and O–H groups in total. The summed E-state index contributed by atoms with van der Waals surface area (Å²) in [6, 6.07) is -17.4. The van der Waals surface area contributed by atoms with Gasteiger partial charge >= 0.3 is 5.97 Å². The maximum absolute atomic E-state index is 14.4.